The van der Waals surface area contributed by atoms with E-state index in [1.54, 1.807) is 12.1 Å². The number of halogens is 2. The molecule has 0 amide bonds. The molecule has 166 valence electrons. The summed E-state index contributed by atoms with van der Waals surface area (Å²) in [6, 6.07) is 3.37. The standard InChI is InChI=1S/C19H19B3F2O7S/c20-6-9-1-12(7-21)14(8-22)13(2-9)17(25)30-15-4-11-3-10(15)5-16(11)31-18(26)19(23,24)32(27,28)29/h1-2,10-11,15-16H,3-8H2,(H,27,28,29). The van der Waals surface area contributed by atoms with Crippen LogP contribution in [-0.2, 0) is 43.3 Å². The van der Waals surface area contributed by atoms with Gasteiger partial charge in [-0.15, -0.1) is 0 Å². The zero-order chi connectivity index (χ0) is 23.8. The summed E-state index contributed by atoms with van der Waals surface area (Å²) in [6.07, 6.45) is -0.242. The highest BCUT2D eigenvalue weighted by Crippen LogP contribution is 2.48. The average molecular weight is 462 g/mol. The Labute approximate surface area is 188 Å². The molecule has 0 aromatic heterocycles. The highest BCUT2D eigenvalue weighted by molar-refractivity contribution is 7.87. The van der Waals surface area contributed by atoms with Gasteiger partial charge < -0.3 is 9.47 Å². The molecule has 4 atom stereocenters. The third kappa shape index (κ3) is 4.59. The van der Waals surface area contributed by atoms with E-state index in [-0.39, 0.29) is 49.2 Å². The van der Waals surface area contributed by atoms with Crippen LogP contribution in [0.15, 0.2) is 12.1 Å². The van der Waals surface area contributed by atoms with Gasteiger partial charge in [-0.25, -0.2) is 9.59 Å². The van der Waals surface area contributed by atoms with E-state index in [1.165, 1.54) is 0 Å². The Bertz CT molecular complexity index is 1020. The normalized spacial score (nSPS) is 25.0. The summed E-state index contributed by atoms with van der Waals surface area (Å²) in [6.45, 7) is 0. The molecule has 13 heteroatoms. The van der Waals surface area contributed by atoms with Crippen molar-refractivity contribution in [1.29, 1.82) is 0 Å². The van der Waals surface area contributed by atoms with Crippen molar-refractivity contribution in [3.63, 3.8) is 0 Å². The molecule has 2 bridgehead atoms. The van der Waals surface area contributed by atoms with Gasteiger partial charge >= 0.3 is 27.3 Å². The lowest BCUT2D eigenvalue weighted by atomic mass is 9.81. The van der Waals surface area contributed by atoms with Crippen LogP contribution in [0.3, 0.4) is 0 Å². The number of rotatable bonds is 8. The largest absolute Gasteiger partial charge is 0.465 e. The van der Waals surface area contributed by atoms with Crippen molar-refractivity contribution < 1.29 is 40.8 Å². The average Bonchev–Trinajstić information content (AvgIpc) is 3.31. The molecule has 0 aliphatic heterocycles. The van der Waals surface area contributed by atoms with Gasteiger partial charge in [-0.1, -0.05) is 36.2 Å². The first-order valence-corrected chi connectivity index (χ1v) is 11.4. The minimum atomic E-state index is -5.94. The van der Waals surface area contributed by atoms with E-state index in [4.69, 9.17) is 32.8 Å². The number of esters is 2. The summed E-state index contributed by atoms with van der Waals surface area (Å²) in [5.41, 5.74) is 2.18. The third-order valence-electron chi connectivity index (χ3n) is 6.09. The van der Waals surface area contributed by atoms with Gasteiger partial charge in [0.1, 0.15) is 12.2 Å². The number of benzene rings is 1. The maximum absolute atomic E-state index is 13.4. The number of fused-ring (bicyclic) bond motifs is 2. The van der Waals surface area contributed by atoms with Crippen molar-refractivity contribution in [1.82, 2.24) is 0 Å². The second kappa shape index (κ2) is 9.17. The van der Waals surface area contributed by atoms with Gasteiger partial charge in [0.2, 0.25) is 0 Å². The summed E-state index contributed by atoms with van der Waals surface area (Å²) in [7, 11) is 11.3. The Morgan fingerprint density at radius 3 is 2.06 bits per heavy atom. The number of ether oxygens (including phenoxy) is 2. The van der Waals surface area contributed by atoms with Gasteiger partial charge in [0.25, 0.3) is 0 Å². The Morgan fingerprint density at radius 1 is 1.00 bits per heavy atom. The van der Waals surface area contributed by atoms with Gasteiger partial charge in [0.15, 0.2) is 0 Å². The van der Waals surface area contributed by atoms with Crippen molar-refractivity contribution in [2.24, 2.45) is 11.8 Å². The van der Waals surface area contributed by atoms with Crippen LogP contribution in [0.4, 0.5) is 8.78 Å². The lowest BCUT2D eigenvalue weighted by Gasteiger charge is -2.28. The van der Waals surface area contributed by atoms with E-state index in [9.17, 15) is 26.8 Å². The van der Waals surface area contributed by atoms with Crippen LogP contribution in [0.25, 0.3) is 0 Å². The maximum Gasteiger partial charge on any atom is 0.465 e. The smallest absolute Gasteiger partial charge is 0.458 e. The fraction of sp³-hybridized carbons (Fsp3) is 0.579. The lowest BCUT2D eigenvalue weighted by molar-refractivity contribution is -0.170. The van der Waals surface area contributed by atoms with E-state index in [1.807, 2.05) is 0 Å². The maximum atomic E-state index is 13.4. The van der Waals surface area contributed by atoms with Gasteiger partial charge in [-0.3, -0.25) is 4.55 Å². The number of hydrogen-bond acceptors (Lipinski definition) is 6. The lowest BCUT2D eigenvalue weighted by Crippen LogP contribution is -2.42. The summed E-state index contributed by atoms with van der Waals surface area (Å²) >= 11 is 0. The Kier molecular flexibility index (Phi) is 7.10. The molecule has 2 aliphatic carbocycles. The van der Waals surface area contributed by atoms with E-state index in [0.29, 0.717) is 23.1 Å². The molecule has 1 N–H and O–H groups in total. The summed E-state index contributed by atoms with van der Waals surface area (Å²) < 4.78 is 67.1. The number of alkyl halides is 2. The molecule has 2 fully saturated rings. The molecule has 7 nitrogen and oxygen atoms in total. The minimum absolute atomic E-state index is 0.0680. The highest BCUT2D eigenvalue weighted by Gasteiger charge is 2.57. The molecular weight excluding hydrogens is 443 g/mol. The summed E-state index contributed by atoms with van der Waals surface area (Å²) in [5, 5.41) is -5.05. The summed E-state index contributed by atoms with van der Waals surface area (Å²) in [5.74, 6) is -3.58. The van der Waals surface area contributed by atoms with Crippen molar-refractivity contribution in [2.45, 2.75) is 55.7 Å². The molecule has 6 radical (unpaired) electrons. The predicted octanol–water partition coefficient (Wildman–Crippen LogP) is 1.04. The van der Waals surface area contributed by atoms with E-state index in [0.717, 1.165) is 0 Å². The van der Waals surface area contributed by atoms with Crippen LogP contribution in [0.5, 0.6) is 0 Å². The predicted molar refractivity (Wildman–Crippen MR) is 111 cm³/mol. The van der Waals surface area contributed by atoms with Crippen LogP contribution in [0.1, 0.15) is 46.3 Å². The molecule has 3 rings (SSSR count). The second-order valence-electron chi connectivity index (χ2n) is 8.00. The monoisotopic (exact) mass is 462 g/mol. The fourth-order valence-corrected chi connectivity index (χ4v) is 4.75. The van der Waals surface area contributed by atoms with Crippen LogP contribution < -0.4 is 0 Å². The van der Waals surface area contributed by atoms with Crippen LogP contribution in [0, 0.1) is 11.8 Å². The quantitative estimate of drug-likeness (QED) is 0.350. The van der Waals surface area contributed by atoms with Gasteiger partial charge in [0.05, 0.1) is 29.1 Å². The SMILES string of the molecule is [B]Cc1cc(C[B])c(C[B])c(C(=O)OC2CC3CC2CC3OC(=O)C(F)(F)S(=O)(=O)O)c1. The Morgan fingerprint density at radius 2 is 1.59 bits per heavy atom. The number of hydrogen-bond donors (Lipinski definition) is 1. The zero-order valence-electron chi connectivity index (χ0n) is 17.0. The molecule has 4 unspecified atom stereocenters. The van der Waals surface area contributed by atoms with E-state index in [2.05, 4.69) is 4.74 Å². The minimum Gasteiger partial charge on any atom is -0.458 e. The molecule has 32 heavy (non-hydrogen) atoms. The molecule has 0 spiro atoms. The fourth-order valence-electron chi connectivity index (χ4n) is 4.49. The first kappa shape index (κ1) is 24.8. The van der Waals surface area contributed by atoms with Gasteiger partial charge in [-0.05, 0) is 42.7 Å². The van der Waals surface area contributed by atoms with E-state index < -0.39 is 39.5 Å². The number of carbonyl (C=O) groups excluding carboxylic acids is 2. The molecule has 0 saturated heterocycles. The van der Waals surface area contributed by atoms with Crippen LogP contribution in [0.2, 0.25) is 0 Å². The Balaban J connectivity index is 1.67. The topological polar surface area (TPSA) is 107 Å². The highest BCUT2D eigenvalue weighted by atomic mass is 32.2. The van der Waals surface area contributed by atoms with Crippen molar-refractivity contribution in [3.05, 3.63) is 34.4 Å². The van der Waals surface area contributed by atoms with Crippen molar-refractivity contribution in [2.75, 3.05) is 0 Å². The summed E-state index contributed by atoms with van der Waals surface area (Å²) in [4.78, 5) is 24.4. The first-order valence-electron chi connectivity index (χ1n) is 9.94. The van der Waals surface area contributed by atoms with Crippen LogP contribution in [-0.4, -0.2) is 65.9 Å². The van der Waals surface area contributed by atoms with Crippen LogP contribution >= 0.6 is 0 Å². The van der Waals surface area contributed by atoms with Gasteiger partial charge in [-0.2, -0.15) is 17.2 Å². The van der Waals surface area contributed by atoms with E-state index >= 15 is 0 Å². The zero-order valence-corrected chi connectivity index (χ0v) is 17.8. The third-order valence-corrected chi connectivity index (χ3v) is 6.90. The Hall–Kier alpha value is -1.88. The first-order chi connectivity index (χ1) is 14.9. The van der Waals surface area contributed by atoms with Crippen molar-refractivity contribution in [3.8, 4) is 0 Å². The second-order valence-corrected chi connectivity index (χ2v) is 9.46. The molecule has 2 saturated carbocycles. The molecule has 1 aromatic rings. The molecule has 2 aliphatic rings. The van der Waals surface area contributed by atoms with Crippen molar-refractivity contribution >= 4 is 45.6 Å². The molecular formula is C19H19B3F2O7S. The van der Waals surface area contributed by atoms with Gasteiger partial charge in [0, 0.05) is 0 Å². The molecule has 0 heterocycles. The molecule has 1 aromatic carbocycles. The number of carbonyl (C=O) groups is 2.